The minimum atomic E-state index is 0.896. The van der Waals surface area contributed by atoms with Crippen LogP contribution in [0.5, 0.6) is 0 Å². The summed E-state index contributed by atoms with van der Waals surface area (Å²) in [5.74, 6) is 0.960. The zero-order valence-corrected chi connectivity index (χ0v) is 13.5. The monoisotopic (exact) mass is 270 g/mol. The first-order valence-corrected chi connectivity index (χ1v) is 8.02. The Morgan fingerprint density at radius 1 is 0.895 bits per heavy atom. The largest absolute Gasteiger partial charge is 0.357 e. The molecule has 0 aliphatic heterocycles. The van der Waals surface area contributed by atoms with Crippen molar-refractivity contribution in [2.45, 2.75) is 53.4 Å². The van der Waals surface area contributed by atoms with Crippen molar-refractivity contribution in [1.82, 2.24) is 15.5 Å². The molecule has 0 radical (unpaired) electrons. The first-order chi connectivity index (χ1) is 9.28. The zero-order valence-electron chi connectivity index (χ0n) is 13.5. The SMILES string of the molecule is CCCN=C(NCC)NCCCN(CCC)CCC. The molecule has 0 bridgehead atoms. The second-order valence-electron chi connectivity index (χ2n) is 4.88. The Bertz CT molecular complexity index is 210. The predicted octanol–water partition coefficient (Wildman–Crippen LogP) is 2.46. The highest BCUT2D eigenvalue weighted by Gasteiger charge is 2.02. The lowest BCUT2D eigenvalue weighted by Gasteiger charge is -2.21. The van der Waals surface area contributed by atoms with Crippen molar-refractivity contribution in [2.75, 3.05) is 39.3 Å². The van der Waals surface area contributed by atoms with Gasteiger partial charge in [0.2, 0.25) is 0 Å². The molecule has 0 saturated heterocycles. The van der Waals surface area contributed by atoms with Gasteiger partial charge < -0.3 is 15.5 Å². The first-order valence-electron chi connectivity index (χ1n) is 8.02. The van der Waals surface area contributed by atoms with Gasteiger partial charge in [0.25, 0.3) is 0 Å². The van der Waals surface area contributed by atoms with E-state index in [1.165, 1.54) is 38.9 Å². The summed E-state index contributed by atoms with van der Waals surface area (Å²) in [6, 6.07) is 0. The fraction of sp³-hybridized carbons (Fsp3) is 0.933. The third kappa shape index (κ3) is 10.8. The summed E-state index contributed by atoms with van der Waals surface area (Å²) in [4.78, 5) is 7.06. The molecule has 0 fully saturated rings. The van der Waals surface area contributed by atoms with Gasteiger partial charge in [-0.3, -0.25) is 4.99 Å². The number of hydrogen-bond acceptors (Lipinski definition) is 2. The predicted molar refractivity (Wildman–Crippen MR) is 85.9 cm³/mol. The van der Waals surface area contributed by atoms with Crippen LogP contribution >= 0.6 is 0 Å². The molecule has 0 aliphatic carbocycles. The molecule has 0 heterocycles. The van der Waals surface area contributed by atoms with Crippen LogP contribution < -0.4 is 10.6 Å². The maximum Gasteiger partial charge on any atom is 0.191 e. The Morgan fingerprint density at radius 3 is 2.11 bits per heavy atom. The van der Waals surface area contributed by atoms with Crippen molar-refractivity contribution in [1.29, 1.82) is 0 Å². The Kier molecular flexibility index (Phi) is 13.1. The second-order valence-corrected chi connectivity index (χ2v) is 4.88. The topological polar surface area (TPSA) is 39.7 Å². The summed E-state index contributed by atoms with van der Waals surface area (Å²) >= 11 is 0. The Balaban J connectivity index is 3.84. The Hall–Kier alpha value is -0.770. The van der Waals surface area contributed by atoms with Gasteiger partial charge in [0.1, 0.15) is 0 Å². The molecule has 0 aromatic rings. The van der Waals surface area contributed by atoms with Gasteiger partial charge in [0, 0.05) is 19.6 Å². The molecule has 0 spiro atoms. The van der Waals surface area contributed by atoms with Crippen LogP contribution in [0.4, 0.5) is 0 Å². The highest BCUT2D eigenvalue weighted by atomic mass is 15.2. The molecular weight excluding hydrogens is 236 g/mol. The fourth-order valence-corrected chi connectivity index (χ4v) is 2.04. The van der Waals surface area contributed by atoms with E-state index in [0.29, 0.717) is 0 Å². The van der Waals surface area contributed by atoms with Gasteiger partial charge in [-0.2, -0.15) is 0 Å². The lowest BCUT2D eigenvalue weighted by molar-refractivity contribution is 0.271. The van der Waals surface area contributed by atoms with Gasteiger partial charge in [0.15, 0.2) is 5.96 Å². The molecule has 4 heteroatoms. The van der Waals surface area contributed by atoms with Crippen LogP contribution in [0, 0.1) is 0 Å². The number of nitrogens with one attached hydrogen (secondary N) is 2. The number of aliphatic imine (C=N–C) groups is 1. The molecule has 0 atom stereocenters. The van der Waals surface area contributed by atoms with Gasteiger partial charge in [-0.15, -0.1) is 0 Å². The molecule has 0 unspecified atom stereocenters. The van der Waals surface area contributed by atoms with Crippen molar-refractivity contribution in [3.63, 3.8) is 0 Å². The molecule has 19 heavy (non-hydrogen) atoms. The van der Waals surface area contributed by atoms with Crippen molar-refractivity contribution in [3.8, 4) is 0 Å². The van der Waals surface area contributed by atoms with Crippen LogP contribution in [0.1, 0.15) is 53.4 Å². The smallest absolute Gasteiger partial charge is 0.191 e. The molecule has 4 nitrogen and oxygen atoms in total. The van der Waals surface area contributed by atoms with Crippen molar-refractivity contribution in [3.05, 3.63) is 0 Å². The molecule has 0 aromatic carbocycles. The van der Waals surface area contributed by atoms with Crippen LogP contribution in [-0.4, -0.2) is 50.1 Å². The quantitative estimate of drug-likeness (QED) is 0.344. The molecule has 0 amide bonds. The van der Waals surface area contributed by atoms with Gasteiger partial charge in [-0.05, 0) is 52.2 Å². The normalized spacial score (nSPS) is 11.9. The molecular formula is C15H34N4. The van der Waals surface area contributed by atoms with Gasteiger partial charge in [0.05, 0.1) is 0 Å². The highest BCUT2D eigenvalue weighted by Crippen LogP contribution is 1.95. The third-order valence-corrected chi connectivity index (χ3v) is 2.86. The minimum absolute atomic E-state index is 0.896. The van der Waals surface area contributed by atoms with Crippen molar-refractivity contribution < 1.29 is 0 Å². The number of nitrogens with zero attached hydrogens (tertiary/aromatic N) is 2. The summed E-state index contributed by atoms with van der Waals surface area (Å²) < 4.78 is 0. The molecule has 0 rings (SSSR count). The average Bonchev–Trinajstić information content (AvgIpc) is 2.41. The standard InChI is InChI=1S/C15H34N4/c1-5-10-17-15(16-8-4)18-11-9-14-19(12-6-2)13-7-3/h5-14H2,1-4H3,(H2,16,17,18). The van der Waals surface area contributed by atoms with Crippen LogP contribution in [0.25, 0.3) is 0 Å². The van der Waals surface area contributed by atoms with E-state index in [2.05, 4.69) is 48.2 Å². The molecule has 114 valence electrons. The van der Waals surface area contributed by atoms with Crippen LogP contribution in [0.15, 0.2) is 4.99 Å². The number of rotatable bonds is 11. The summed E-state index contributed by atoms with van der Waals surface area (Å²) in [6.45, 7) is 15.2. The van der Waals surface area contributed by atoms with E-state index in [-0.39, 0.29) is 0 Å². The van der Waals surface area contributed by atoms with E-state index in [9.17, 15) is 0 Å². The fourth-order valence-electron chi connectivity index (χ4n) is 2.04. The second kappa shape index (κ2) is 13.7. The minimum Gasteiger partial charge on any atom is -0.357 e. The van der Waals surface area contributed by atoms with E-state index in [4.69, 9.17) is 0 Å². The molecule has 0 aromatic heterocycles. The first kappa shape index (κ1) is 18.2. The van der Waals surface area contributed by atoms with E-state index < -0.39 is 0 Å². The number of guanidine groups is 1. The average molecular weight is 270 g/mol. The maximum atomic E-state index is 4.50. The molecule has 2 N–H and O–H groups in total. The maximum absolute atomic E-state index is 4.50. The summed E-state index contributed by atoms with van der Waals surface area (Å²) in [5.41, 5.74) is 0. The van der Waals surface area contributed by atoms with Gasteiger partial charge in [-0.1, -0.05) is 20.8 Å². The van der Waals surface area contributed by atoms with Crippen LogP contribution in [0.3, 0.4) is 0 Å². The van der Waals surface area contributed by atoms with E-state index in [1.54, 1.807) is 0 Å². The summed E-state index contributed by atoms with van der Waals surface area (Å²) in [7, 11) is 0. The van der Waals surface area contributed by atoms with Crippen molar-refractivity contribution >= 4 is 5.96 Å². The molecule has 0 aliphatic rings. The van der Waals surface area contributed by atoms with E-state index >= 15 is 0 Å². The lowest BCUT2D eigenvalue weighted by atomic mass is 10.3. The summed E-state index contributed by atoms with van der Waals surface area (Å²) in [6.07, 6.45) is 4.76. The Labute approximate surface area is 120 Å². The zero-order chi connectivity index (χ0) is 14.3. The van der Waals surface area contributed by atoms with Crippen LogP contribution in [0.2, 0.25) is 0 Å². The number of hydrogen-bond donors (Lipinski definition) is 2. The van der Waals surface area contributed by atoms with Gasteiger partial charge >= 0.3 is 0 Å². The Morgan fingerprint density at radius 2 is 1.58 bits per heavy atom. The van der Waals surface area contributed by atoms with E-state index in [1.807, 2.05) is 0 Å². The summed E-state index contributed by atoms with van der Waals surface area (Å²) in [5, 5.41) is 6.69. The van der Waals surface area contributed by atoms with E-state index in [0.717, 1.165) is 32.0 Å². The van der Waals surface area contributed by atoms with Crippen LogP contribution in [-0.2, 0) is 0 Å². The van der Waals surface area contributed by atoms with Gasteiger partial charge in [-0.25, -0.2) is 0 Å². The highest BCUT2D eigenvalue weighted by molar-refractivity contribution is 5.79. The lowest BCUT2D eigenvalue weighted by Crippen LogP contribution is -2.39. The molecule has 0 saturated carbocycles. The third-order valence-electron chi connectivity index (χ3n) is 2.86. The van der Waals surface area contributed by atoms with Crippen molar-refractivity contribution in [2.24, 2.45) is 4.99 Å².